The number of aliphatic hydroxyl groups excluding tert-OH is 1. The van der Waals surface area contributed by atoms with E-state index in [4.69, 9.17) is 23.7 Å². The number of Topliss-reactive ketones (excluding diaryl/α,β-unsaturated/α-hetero) is 1. The number of thioether (sulfide) groups is 1. The van der Waals surface area contributed by atoms with Crippen molar-refractivity contribution in [3.63, 3.8) is 0 Å². The average molecular weight is 454 g/mol. The molecule has 2 saturated heterocycles. The summed E-state index contributed by atoms with van der Waals surface area (Å²) in [6, 6.07) is 8.98. The molecule has 0 bridgehead atoms. The minimum Gasteiger partial charge on any atom is -0.463 e. The molecule has 0 amide bonds. The van der Waals surface area contributed by atoms with E-state index in [1.165, 1.54) is 0 Å². The Balaban J connectivity index is 2.06. The zero-order valence-corrected chi connectivity index (χ0v) is 18.3. The second-order valence-electron chi connectivity index (χ2n) is 6.85. The van der Waals surface area contributed by atoms with E-state index in [9.17, 15) is 19.5 Å². The molecule has 0 saturated carbocycles. The molecule has 31 heavy (non-hydrogen) atoms. The maximum absolute atomic E-state index is 13.2. The lowest BCUT2D eigenvalue weighted by atomic mass is 9.92. The van der Waals surface area contributed by atoms with Crippen LogP contribution in [0.3, 0.4) is 0 Å². The standard InChI is InChI=1S/C21H26O9S/c1-4-26-18(24)16(23)21(20(25)28-6-3)17(31-12-10-8-7-9-11-12)15-14(30-21)13(22)19(29-15)27-5-2/h7-11,13-15,17,19,22H,4-6H2,1-3H3/t13-,14+,15-,17?,19-,21-/m1/s1. The number of hydrogen-bond acceptors (Lipinski definition) is 10. The summed E-state index contributed by atoms with van der Waals surface area (Å²) >= 11 is 1.13. The minimum absolute atomic E-state index is 0.0386. The van der Waals surface area contributed by atoms with E-state index in [2.05, 4.69) is 0 Å². The van der Waals surface area contributed by atoms with Gasteiger partial charge in [0.2, 0.25) is 0 Å². The highest BCUT2D eigenvalue weighted by Gasteiger charge is 2.71. The highest BCUT2D eigenvalue weighted by molar-refractivity contribution is 8.00. The Morgan fingerprint density at radius 3 is 2.32 bits per heavy atom. The molecule has 0 aliphatic carbocycles. The van der Waals surface area contributed by atoms with Gasteiger partial charge in [-0.3, -0.25) is 4.79 Å². The largest absolute Gasteiger partial charge is 0.463 e. The zero-order chi connectivity index (χ0) is 22.6. The monoisotopic (exact) mass is 454 g/mol. The summed E-state index contributed by atoms with van der Waals surface area (Å²) in [7, 11) is 0. The van der Waals surface area contributed by atoms with Gasteiger partial charge in [0, 0.05) is 11.5 Å². The molecule has 2 heterocycles. The van der Waals surface area contributed by atoms with Gasteiger partial charge in [-0.15, -0.1) is 11.8 Å². The molecule has 1 aromatic rings. The lowest BCUT2D eigenvalue weighted by molar-refractivity contribution is -0.195. The molecule has 0 radical (unpaired) electrons. The Bertz CT molecular complexity index is 801. The van der Waals surface area contributed by atoms with Gasteiger partial charge in [0.15, 0.2) is 6.29 Å². The molecule has 9 nitrogen and oxygen atoms in total. The number of ether oxygens (including phenoxy) is 5. The molecule has 2 aliphatic heterocycles. The van der Waals surface area contributed by atoms with Gasteiger partial charge in [0.05, 0.1) is 18.5 Å². The van der Waals surface area contributed by atoms with Crippen LogP contribution < -0.4 is 0 Å². The number of hydrogen-bond donors (Lipinski definition) is 1. The predicted octanol–water partition coefficient (Wildman–Crippen LogP) is 1.10. The van der Waals surface area contributed by atoms with Crippen LogP contribution in [-0.2, 0) is 38.1 Å². The van der Waals surface area contributed by atoms with E-state index < -0.39 is 53.2 Å². The molecule has 10 heteroatoms. The van der Waals surface area contributed by atoms with Crippen molar-refractivity contribution in [1.82, 2.24) is 0 Å². The number of aliphatic hydroxyl groups is 1. The van der Waals surface area contributed by atoms with Crippen molar-refractivity contribution in [2.24, 2.45) is 0 Å². The van der Waals surface area contributed by atoms with Crippen LogP contribution in [0.5, 0.6) is 0 Å². The van der Waals surface area contributed by atoms with Gasteiger partial charge in [-0.25, -0.2) is 9.59 Å². The topological polar surface area (TPSA) is 118 Å². The summed E-state index contributed by atoms with van der Waals surface area (Å²) < 4.78 is 27.2. The highest BCUT2D eigenvalue weighted by atomic mass is 32.2. The SMILES string of the molecule is CCOC(=O)C(=O)[C@@]1(C(=O)OCC)O[C@H]2[C@@H](O)[C@H](OCC)O[C@H]2C1Sc1ccccc1. The van der Waals surface area contributed by atoms with Gasteiger partial charge in [-0.05, 0) is 32.9 Å². The smallest absolute Gasteiger partial charge is 0.378 e. The Hall–Kier alpha value is -1.98. The number of carbonyl (C=O) groups excluding carboxylic acids is 3. The molecule has 0 aromatic heterocycles. The second-order valence-corrected chi connectivity index (χ2v) is 8.07. The molecular weight excluding hydrogens is 428 g/mol. The van der Waals surface area contributed by atoms with Gasteiger partial charge in [0.1, 0.15) is 18.3 Å². The van der Waals surface area contributed by atoms with E-state index in [1.54, 1.807) is 45.0 Å². The number of benzene rings is 1. The molecule has 2 aliphatic rings. The van der Waals surface area contributed by atoms with Crippen LogP contribution in [0, 0.1) is 0 Å². The lowest BCUT2D eigenvalue weighted by Crippen LogP contribution is -2.59. The normalized spacial score (nSPS) is 31.8. The number of ketones is 1. The fourth-order valence-electron chi connectivity index (χ4n) is 3.68. The van der Waals surface area contributed by atoms with Crippen LogP contribution in [0.25, 0.3) is 0 Å². The molecule has 2 fully saturated rings. The van der Waals surface area contributed by atoms with Crippen molar-refractivity contribution in [1.29, 1.82) is 0 Å². The number of fused-ring (bicyclic) bond motifs is 1. The first-order valence-electron chi connectivity index (χ1n) is 10.1. The van der Waals surface area contributed by atoms with E-state index in [0.29, 0.717) is 4.90 Å². The average Bonchev–Trinajstić information content (AvgIpc) is 3.23. The van der Waals surface area contributed by atoms with Gasteiger partial charge in [-0.2, -0.15) is 0 Å². The number of carbonyl (C=O) groups is 3. The first-order valence-corrected chi connectivity index (χ1v) is 11.0. The van der Waals surface area contributed by atoms with Crippen LogP contribution in [-0.4, -0.2) is 78.1 Å². The van der Waals surface area contributed by atoms with Crippen molar-refractivity contribution in [3.05, 3.63) is 30.3 Å². The number of esters is 2. The summed E-state index contributed by atoms with van der Waals surface area (Å²) in [6.07, 6.45) is -4.26. The van der Waals surface area contributed by atoms with Crippen molar-refractivity contribution in [3.8, 4) is 0 Å². The van der Waals surface area contributed by atoms with E-state index in [-0.39, 0.29) is 19.8 Å². The zero-order valence-electron chi connectivity index (χ0n) is 17.5. The summed E-state index contributed by atoms with van der Waals surface area (Å²) in [5.74, 6) is -3.44. The molecule has 1 aromatic carbocycles. The number of rotatable bonds is 9. The maximum atomic E-state index is 13.2. The summed E-state index contributed by atoms with van der Waals surface area (Å²) in [6.45, 7) is 5.05. The van der Waals surface area contributed by atoms with Gasteiger partial charge in [0.25, 0.3) is 11.4 Å². The molecule has 1 N–H and O–H groups in total. The Morgan fingerprint density at radius 1 is 1.03 bits per heavy atom. The third-order valence-electron chi connectivity index (χ3n) is 4.97. The third kappa shape index (κ3) is 4.35. The van der Waals surface area contributed by atoms with Crippen LogP contribution in [0.1, 0.15) is 20.8 Å². The van der Waals surface area contributed by atoms with Crippen LogP contribution in [0.15, 0.2) is 35.2 Å². The summed E-state index contributed by atoms with van der Waals surface area (Å²) in [5.41, 5.74) is -2.34. The fourth-order valence-corrected chi connectivity index (χ4v) is 5.06. The molecule has 170 valence electrons. The predicted molar refractivity (Wildman–Crippen MR) is 108 cm³/mol. The summed E-state index contributed by atoms with van der Waals surface area (Å²) in [4.78, 5) is 39.5. The van der Waals surface area contributed by atoms with Crippen molar-refractivity contribution >= 4 is 29.5 Å². The Labute approximate surface area is 184 Å². The van der Waals surface area contributed by atoms with Gasteiger partial charge >= 0.3 is 11.9 Å². The van der Waals surface area contributed by atoms with Gasteiger partial charge in [-0.1, -0.05) is 18.2 Å². The van der Waals surface area contributed by atoms with Gasteiger partial charge < -0.3 is 28.8 Å². The third-order valence-corrected chi connectivity index (χ3v) is 6.36. The maximum Gasteiger partial charge on any atom is 0.378 e. The van der Waals surface area contributed by atoms with Crippen molar-refractivity contribution in [2.75, 3.05) is 19.8 Å². The second kappa shape index (κ2) is 10.1. The Morgan fingerprint density at radius 2 is 1.71 bits per heavy atom. The molecule has 6 atom stereocenters. The van der Waals surface area contributed by atoms with Crippen LogP contribution in [0.4, 0.5) is 0 Å². The van der Waals surface area contributed by atoms with Crippen molar-refractivity contribution < 1.29 is 43.2 Å². The molecule has 1 unspecified atom stereocenters. The van der Waals surface area contributed by atoms with Crippen LogP contribution >= 0.6 is 11.8 Å². The molecule has 0 spiro atoms. The van der Waals surface area contributed by atoms with Crippen LogP contribution in [0.2, 0.25) is 0 Å². The molecule has 3 rings (SSSR count). The first-order chi connectivity index (χ1) is 14.9. The lowest BCUT2D eigenvalue weighted by Gasteiger charge is -2.32. The fraction of sp³-hybridized carbons (Fsp3) is 0.571. The molecular formula is C21H26O9S. The van der Waals surface area contributed by atoms with Crippen molar-refractivity contribution in [2.45, 2.75) is 61.1 Å². The van der Waals surface area contributed by atoms with E-state index in [0.717, 1.165) is 11.8 Å². The Kier molecular flexibility index (Phi) is 7.71. The van der Waals surface area contributed by atoms with E-state index in [1.807, 2.05) is 6.07 Å². The highest BCUT2D eigenvalue weighted by Crippen LogP contribution is 2.49. The summed E-state index contributed by atoms with van der Waals surface area (Å²) in [5, 5.41) is 9.65. The first kappa shape index (κ1) is 23.7. The van der Waals surface area contributed by atoms with E-state index >= 15 is 0 Å². The quantitative estimate of drug-likeness (QED) is 0.330. The minimum atomic E-state index is -2.34.